The van der Waals surface area contributed by atoms with Crippen molar-refractivity contribution in [1.82, 2.24) is 15.4 Å². The molecule has 1 saturated heterocycles. The zero-order chi connectivity index (χ0) is 18.1. The molecule has 2 atom stereocenters. The van der Waals surface area contributed by atoms with Crippen LogP contribution in [0.2, 0.25) is 0 Å². The quantitative estimate of drug-likeness (QED) is 0.869. The fourth-order valence-corrected chi connectivity index (χ4v) is 4.30. The zero-order valence-electron chi connectivity index (χ0n) is 15.7. The third-order valence-electron chi connectivity index (χ3n) is 5.73. The number of aryl methyl sites for hydroxylation is 1. The Morgan fingerprint density at radius 2 is 1.92 bits per heavy atom. The SMILES string of the molecule is CC1CCCC(C)N1NC(=O)c1c2c(nc3ccccc13)CCCC=C2. The number of hydrazine groups is 1. The first-order valence-electron chi connectivity index (χ1n) is 9.82. The van der Waals surface area contributed by atoms with Gasteiger partial charge in [0, 0.05) is 28.7 Å². The number of nitrogens with zero attached hydrogens (tertiary/aromatic N) is 2. The van der Waals surface area contributed by atoms with Crippen molar-refractivity contribution in [2.24, 2.45) is 0 Å². The van der Waals surface area contributed by atoms with Crippen LogP contribution in [0.3, 0.4) is 0 Å². The van der Waals surface area contributed by atoms with Gasteiger partial charge >= 0.3 is 0 Å². The number of amides is 1. The van der Waals surface area contributed by atoms with Crippen LogP contribution in [0.25, 0.3) is 17.0 Å². The van der Waals surface area contributed by atoms with Crippen molar-refractivity contribution in [2.45, 2.75) is 64.5 Å². The Kier molecular flexibility index (Phi) is 4.77. The largest absolute Gasteiger partial charge is 0.284 e. The summed E-state index contributed by atoms with van der Waals surface area (Å²) in [4.78, 5) is 18.2. The highest BCUT2D eigenvalue weighted by Crippen LogP contribution is 2.29. The predicted molar refractivity (Wildman–Crippen MR) is 106 cm³/mol. The van der Waals surface area contributed by atoms with Gasteiger partial charge in [0.05, 0.1) is 11.1 Å². The van der Waals surface area contributed by atoms with Gasteiger partial charge < -0.3 is 0 Å². The topological polar surface area (TPSA) is 45.2 Å². The standard InChI is InChI=1S/C22H27N3O/c1-15-9-8-10-16(2)25(15)24-22(26)21-17-11-4-3-5-13-19(17)23-20-14-7-6-12-18(20)21/h4,6-7,11-12,14-16H,3,5,8-10,13H2,1-2H3,(H,24,26). The Morgan fingerprint density at radius 1 is 1.15 bits per heavy atom. The maximum atomic E-state index is 13.4. The Bertz CT molecular complexity index is 848. The first kappa shape index (κ1) is 17.2. The lowest BCUT2D eigenvalue weighted by atomic mass is 9.97. The van der Waals surface area contributed by atoms with Crippen molar-refractivity contribution in [1.29, 1.82) is 0 Å². The average Bonchev–Trinajstić information content (AvgIpc) is 2.87. The third-order valence-corrected chi connectivity index (χ3v) is 5.73. The molecule has 1 aliphatic carbocycles. The summed E-state index contributed by atoms with van der Waals surface area (Å²) in [6.45, 7) is 4.39. The molecule has 136 valence electrons. The molecule has 1 amide bonds. The van der Waals surface area contributed by atoms with Gasteiger partial charge in [-0.3, -0.25) is 15.2 Å². The molecular formula is C22H27N3O. The molecule has 4 rings (SSSR count). The fraction of sp³-hybridized carbons (Fsp3) is 0.455. The van der Waals surface area contributed by atoms with Crippen molar-refractivity contribution in [3.8, 4) is 0 Å². The molecule has 1 fully saturated rings. The molecule has 1 aromatic heterocycles. The van der Waals surface area contributed by atoms with E-state index in [1.807, 2.05) is 24.3 Å². The molecule has 0 radical (unpaired) electrons. The van der Waals surface area contributed by atoms with E-state index in [0.29, 0.717) is 12.1 Å². The van der Waals surface area contributed by atoms with E-state index in [1.54, 1.807) is 0 Å². The molecule has 2 unspecified atom stereocenters. The number of carbonyl (C=O) groups is 1. The lowest BCUT2D eigenvalue weighted by molar-refractivity contribution is 0.0371. The summed E-state index contributed by atoms with van der Waals surface area (Å²) in [5, 5.41) is 3.08. The summed E-state index contributed by atoms with van der Waals surface area (Å²) in [6, 6.07) is 8.73. The lowest BCUT2D eigenvalue weighted by Crippen LogP contribution is -2.54. The number of fused-ring (bicyclic) bond motifs is 2. The highest BCUT2D eigenvalue weighted by Gasteiger charge is 2.28. The average molecular weight is 349 g/mol. The van der Waals surface area contributed by atoms with E-state index in [0.717, 1.165) is 59.8 Å². The zero-order valence-corrected chi connectivity index (χ0v) is 15.7. The van der Waals surface area contributed by atoms with Gasteiger partial charge in [-0.1, -0.05) is 36.8 Å². The predicted octanol–water partition coefficient (Wildman–Crippen LogP) is 4.49. The number of piperidine rings is 1. The molecule has 0 spiro atoms. The highest BCUT2D eigenvalue weighted by atomic mass is 16.2. The van der Waals surface area contributed by atoms with E-state index in [9.17, 15) is 4.79 Å². The molecule has 1 aromatic carbocycles. The minimum atomic E-state index is -0.00741. The first-order chi connectivity index (χ1) is 12.6. The number of benzene rings is 1. The Hall–Kier alpha value is -2.20. The molecule has 4 nitrogen and oxygen atoms in total. The van der Waals surface area contributed by atoms with Gasteiger partial charge in [0.25, 0.3) is 5.91 Å². The number of allylic oxidation sites excluding steroid dienone is 1. The van der Waals surface area contributed by atoms with E-state index in [-0.39, 0.29) is 5.91 Å². The van der Waals surface area contributed by atoms with E-state index in [4.69, 9.17) is 4.98 Å². The number of rotatable bonds is 2. The van der Waals surface area contributed by atoms with E-state index < -0.39 is 0 Å². The van der Waals surface area contributed by atoms with Gasteiger partial charge in [-0.25, -0.2) is 5.01 Å². The molecule has 0 saturated carbocycles. The second-order valence-electron chi connectivity index (χ2n) is 7.64. The van der Waals surface area contributed by atoms with Crippen LogP contribution in [0.15, 0.2) is 30.3 Å². The summed E-state index contributed by atoms with van der Waals surface area (Å²) >= 11 is 0. The fourth-order valence-electron chi connectivity index (χ4n) is 4.30. The van der Waals surface area contributed by atoms with Crippen LogP contribution in [-0.2, 0) is 6.42 Å². The van der Waals surface area contributed by atoms with Crippen LogP contribution in [-0.4, -0.2) is 28.0 Å². The number of nitrogens with one attached hydrogen (secondary N) is 1. The van der Waals surface area contributed by atoms with Crippen LogP contribution in [0.4, 0.5) is 0 Å². The number of pyridine rings is 1. The van der Waals surface area contributed by atoms with Crippen molar-refractivity contribution in [3.63, 3.8) is 0 Å². The summed E-state index contributed by atoms with van der Waals surface area (Å²) < 4.78 is 0. The van der Waals surface area contributed by atoms with Crippen LogP contribution in [0, 0.1) is 0 Å². The normalized spacial score (nSPS) is 23.5. The third kappa shape index (κ3) is 3.14. The van der Waals surface area contributed by atoms with E-state index in [2.05, 4.69) is 36.4 Å². The maximum absolute atomic E-state index is 13.4. The van der Waals surface area contributed by atoms with Gasteiger partial charge in [-0.15, -0.1) is 0 Å². The number of aromatic nitrogens is 1. The minimum absolute atomic E-state index is 0.00741. The highest BCUT2D eigenvalue weighted by molar-refractivity contribution is 6.09. The molecule has 2 aliphatic rings. The molecule has 2 heterocycles. The lowest BCUT2D eigenvalue weighted by Gasteiger charge is -2.38. The van der Waals surface area contributed by atoms with Gasteiger partial charge in [-0.2, -0.15) is 0 Å². The number of hydrogen-bond donors (Lipinski definition) is 1. The minimum Gasteiger partial charge on any atom is -0.284 e. The summed E-state index contributed by atoms with van der Waals surface area (Å²) in [6.07, 6.45) is 10.8. The van der Waals surface area contributed by atoms with E-state index in [1.165, 1.54) is 6.42 Å². The van der Waals surface area contributed by atoms with Gasteiger partial charge in [0.15, 0.2) is 0 Å². The number of carbonyl (C=O) groups excluding carboxylic acids is 1. The molecule has 4 heteroatoms. The smallest absolute Gasteiger partial charge is 0.266 e. The maximum Gasteiger partial charge on any atom is 0.266 e. The Morgan fingerprint density at radius 3 is 2.73 bits per heavy atom. The molecule has 2 aromatic rings. The van der Waals surface area contributed by atoms with Crippen molar-refractivity contribution in [2.75, 3.05) is 0 Å². The molecule has 1 N–H and O–H groups in total. The van der Waals surface area contributed by atoms with Crippen LogP contribution in [0.5, 0.6) is 0 Å². The van der Waals surface area contributed by atoms with Crippen LogP contribution < -0.4 is 5.43 Å². The van der Waals surface area contributed by atoms with Crippen molar-refractivity contribution in [3.05, 3.63) is 47.2 Å². The number of para-hydroxylation sites is 1. The van der Waals surface area contributed by atoms with Gasteiger partial charge in [0.1, 0.15) is 0 Å². The molecule has 0 bridgehead atoms. The summed E-state index contributed by atoms with van der Waals surface area (Å²) in [5.74, 6) is -0.00741. The van der Waals surface area contributed by atoms with Crippen molar-refractivity contribution >= 4 is 22.9 Å². The first-order valence-corrected chi connectivity index (χ1v) is 9.82. The van der Waals surface area contributed by atoms with Crippen molar-refractivity contribution < 1.29 is 4.79 Å². The molecule has 1 aliphatic heterocycles. The summed E-state index contributed by atoms with van der Waals surface area (Å²) in [5.41, 5.74) is 6.95. The second kappa shape index (κ2) is 7.20. The number of hydrogen-bond acceptors (Lipinski definition) is 3. The molecular weight excluding hydrogens is 322 g/mol. The molecule has 26 heavy (non-hydrogen) atoms. The van der Waals surface area contributed by atoms with Gasteiger partial charge in [-0.05, 0) is 52.0 Å². The second-order valence-corrected chi connectivity index (χ2v) is 7.64. The van der Waals surface area contributed by atoms with E-state index >= 15 is 0 Å². The summed E-state index contributed by atoms with van der Waals surface area (Å²) in [7, 11) is 0. The monoisotopic (exact) mass is 349 g/mol. The Balaban J connectivity index is 1.79. The Labute approximate surface area is 155 Å². The van der Waals surface area contributed by atoms with Crippen LogP contribution in [0.1, 0.15) is 67.6 Å². The van der Waals surface area contributed by atoms with Gasteiger partial charge in [0.2, 0.25) is 0 Å². The van der Waals surface area contributed by atoms with Crippen LogP contribution >= 0.6 is 0 Å².